The fourth-order valence-electron chi connectivity index (χ4n) is 3.69. The molecule has 18 heavy (non-hydrogen) atoms. The molecule has 1 N–H and O–H groups in total. The summed E-state index contributed by atoms with van der Waals surface area (Å²) in [5.41, 5.74) is 0.452. The third-order valence-electron chi connectivity index (χ3n) is 4.62. The molecule has 0 saturated heterocycles. The van der Waals surface area contributed by atoms with Crippen LogP contribution in [0.2, 0.25) is 0 Å². The zero-order valence-corrected chi connectivity index (χ0v) is 12.2. The lowest BCUT2D eigenvalue weighted by Crippen LogP contribution is -2.62. The van der Waals surface area contributed by atoms with Crippen LogP contribution >= 0.6 is 0 Å². The summed E-state index contributed by atoms with van der Waals surface area (Å²) in [6.07, 6.45) is 7.43. The maximum Gasteiger partial charge on any atom is 0.0704 e. The molecule has 2 aliphatic carbocycles. The van der Waals surface area contributed by atoms with Crippen molar-refractivity contribution in [1.82, 2.24) is 5.32 Å². The normalized spacial score (nSPS) is 30.0. The topological polar surface area (TPSA) is 30.5 Å². The van der Waals surface area contributed by atoms with Crippen molar-refractivity contribution < 1.29 is 9.47 Å². The Balaban J connectivity index is 1.76. The van der Waals surface area contributed by atoms with Crippen LogP contribution in [0.15, 0.2) is 0 Å². The summed E-state index contributed by atoms with van der Waals surface area (Å²) in [6.45, 7) is 8.91. The van der Waals surface area contributed by atoms with Gasteiger partial charge in [0.1, 0.15) is 0 Å². The van der Waals surface area contributed by atoms with Crippen molar-refractivity contribution in [1.29, 1.82) is 0 Å². The Hall–Kier alpha value is -0.120. The van der Waals surface area contributed by atoms with Gasteiger partial charge in [-0.2, -0.15) is 0 Å². The highest BCUT2D eigenvalue weighted by atomic mass is 16.5. The van der Waals surface area contributed by atoms with Crippen LogP contribution < -0.4 is 5.32 Å². The molecule has 3 heteroatoms. The predicted molar refractivity (Wildman–Crippen MR) is 73.8 cm³/mol. The van der Waals surface area contributed by atoms with Crippen LogP contribution in [0.3, 0.4) is 0 Å². The van der Waals surface area contributed by atoms with Gasteiger partial charge in [-0.05, 0) is 39.7 Å². The Morgan fingerprint density at radius 2 is 1.94 bits per heavy atom. The number of rotatable bonds is 7. The molecule has 0 radical (unpaired) electrons. The molecule has 0 heterocycles. The van der Waals surface area contributed by atoms with Crippen molar-refractivity contribution in [2.45, 2.75) is 71.1 Å². The van der Waals surface area contributed by atoms with E-state index in [1.165, 1.54) is 32.1 Å². The first-order valence-electron chi connectivity index (χ1n) is 7.65. The highest BCUT2D eigenvalue weighted by molar-refractivity contribution is 5.09. The van der Waals surface area contributed by atoms with Crippen molar-refractivity contribution in [3.63, 3.8) is 0 Å². The lowest BCUT2D eigenvalue weighted by atomic mass is 9.60. The molecule has 2 aliphatic rings. The van der Waals surface area contributed by atoms with Gasteiger partial charge >= 0.3 is 0 Å². The van der Waals surface area contributed by atoms with Gasteiger partial charge in [-0.15, -0.1) is 0 Å². The standard InChI is InChI=1S/C15H29NO2/c1-4-16-13-11-14(15(13)7-5-6-8-15)18-10-9-17-12(2)3/h12-14,16H,4-11H2,1-3H3. The van der Waals surface area contributed by atoms with E-state index in [0.29, 0.717) is 23.7 Å². The molecule has 0 bridgehead atoms. The highest BCUT2D eigenvalue weighted by Gasteiger charge is 2.56. The smallest absolute Gasteiger partial charge is 0.0704 e. The average Bonchev–Trinajstić information content (AvgIpc) is 2.83. The molecular weight excluding hydrogens is 226 g/mol. The molecule has 0 aromatic heterocycles. The number of hydrogen-bond acceptors (Lipinski definition) is 3. The van der Waals surface area contributed by atoms with E-state index in [0.717, 1.165) is 19.8 Å². The van der Waals surface area contributed by atoms with Crippen LogP contribution in [-0.4, -0.2) is 38.0 Å². The molecule has 2 saturated carbocycles. The Morgan fingerprint density at radius 3 is 2.56 bits per heavy atom. The molecule has 106 valence electrons. The molecule has 1 spiro atoms. The first-order chi connectivity index (χ1) is 8.69. The minimum Gasteiger partial charge on any atom is -0.376 e. The Bertz CT molecular complexity index is 249. The van der Waals surface area contributed by atoms with Gasteiger partial charge in [0.25, 0.3) is 0 Å². The fraction of sp³-hybridized carbons (Fsp3) is 1.00. The van der Waals surface area contributed by atoms with Gasteiger partial charge in [0.2, 0.25) is 0 Å². The number of ether oxygens (including phenoxy) is 2. The first kappa shape index (κ1) is 14.3. The van der Waals surface area contributed by atoms with Gasteiger partial charge < -0.3 is 14.8 Å². The quantitative estimate of drug-likeness (QED) is 0.710. The van der Waals surface area contributed by atoms with E-state index in [2.05, 4.69) is 26.1 Å². The SMILES string of the molecule is CCNC1CC(OCCOC(C)C)C12CCCC2. The summed E-state index contributed by atoms with van der Waals surface area (Å²) in [7, 11) is 0. The van der Waals surface area contributed by atoms with E-state index >= 15 is 0 Å². The molecule has 2 unspecified atom stereocenters. The fourth-order valence-corrected chi connectivity index (χ4v) is 3.69. The zero-order chi connectivity index (χ0) is 13.0. The van der Waals surface area contributed by atoms with Crippen LogP contribution in [0.1, 0.15) is 52.9 Å². The van der Waals surface area contributed by atoms with Gasteiger partial charge in [0, 0.05) is 11.5 Å². The van der Waals surface area contributed by atoms with Crippen LogP contribution in [0.5, 0.6) is 0 Å². The molecule has 0 aromatic rings. The largest absolute Gasteiger partial charge is 0.376 e. The second-order valence-corrected chi connectivity index (χ2v) is 6.07. The molecular formula is C15H29NO2. The monoisotopic (exact) mass is 255 g/mol. The lowest BCUT2D eigenvalue weighted by Gasteiger charge is -2.54. The van der Waals surface area contributed by atoms with Crippen molar-refractivity contribution in [2.24, 2.45) is 5.41 Å². The molecule has 3 nitrogen and oxygen atoms in total. The van der Waals surface area contributed by atoms with Gasteiger partial charge in [-0.1, -0.05) is 19.8 Å². The maximum atomic E-state index is 6.08. The van der Waals surface area contributed by atoms with E-state index in [1.807, 2.05) is 0 Å². The van der Waals surface area contributed by atoms with E-state index < -0.39 is 0 Å². The molecule has 2 atom stereocenters. The summed E-state index contributed by atoms with van der Waals surface area (Å²) < 4.78 is 11.6. The van der Waals surface area contributed by atoms with E-state index in [-0.39, 0.29) is 0 Å². The molecule has 2 rings (SSSR count). The number of nitrogens with one attached hydrogen (secondary N) is 1. The average molecular weight is 255 g/mol. The van der Waals surface area contributed by atoms with Gasteiger partial charge in [0.05, 0.1) is 25.4 Å². The predicted octanol–water partition coefficient (Wildman–Crippen LogP) is 2.74. The van der Waals surface area contributed by atoms with Crippen LogP contribution in [0, 0.1) is 5.41 Å². The third-order valence-corrected chi connectivity index (χ3v) is 4.62. The maximum absolute atomic E-state index is 6.08. The summed E-state index contributed by atoms with van der Waals surface area (Å²) in [4.78, 5) is 0. The second kappa shape index (κ2) is 6.36. The summed E-state index contributed by atoms with van der Waals surface area (Å²) in [6, 6.07) is 0.695. The Kier molecular flexibility index (Phi) is 5.05. The second-order valence-electron chi connectivity index (χ2n) is 6.07. The van der Waals surface area contributed by atoms with Crippen molar-refractivity contribution >= 4 is 0 Å². The summed E-state index contributed by atoms with van der Waals surface area (Å²) in [5, 5.41) is 3.64. The van der Waals surface area contributed by atoms with E-state index in [9.17, 15) is 0 Å². The van der Waals surface area contributed by atoms with Crippen molar-refractivity contribution in [2.75, 3.05) is 19.8 Å². The lowest BCUT2D eigenvalue weighted by molar-refractivity contribution is -0.143. The minimum atomic E-state index is 0.310. The third kappa shape index (κ3) is 2.89. The zero-order valence-electron chi connectivity index (χ0n) is 12.2. The molecule has 0 aromatic carbocycles. The van der Waals surface area contributed by atoms with Crippen molar-refractivity contribution in [3.8, 4) is 0 Å². The molecule has 2 fully saturated rings. The molecule has 0 amide bonds. The summed E-state index contributed by atoms with van der Waals surface area (Å²) in [5.74, 6) is 0. The number of hydrogen-bond donors (Lipinski definition) is 1. The van der Waals surface area contributed by atoms with E-state index in [4.69, 9.17) is 9.47 Å². The van der Waals surface area contributed by atoms with E-state index in [1.54, 1.807) is 0 Å². The Morgan fingerprint density at radius 1 is 1.22 bits per heavy atom. The van der Waals surface area contributed by atoms with Crippen LogP contribution in [-0.2, 0) is 9.47 Å². The molecule has 0 aliphatic heterocycles. The van der Waals surface area contributed by atoms with Crippen LogP contribution in [0.25, 0.3) is 0 Å². The first-order valence-corrected chi connectivity index (χ1v) is 7.65. The summed E-state index contributed by atoms with van der Waals surface area (Å²) >= 11 is 0. The van der Waals surface area contributed by atoms with Crippen LogP contribution in [0.4, 0.5) is 0 Å². The Labute approximate surface area is 112 Å². The highest BCUT2D eigenvalue weighted by Crippen LogP contribution is 2.54. The minimum absolute atomic E-state index is 0.310. The van der Waals surface area contributed by atoms with Gasteiger partial charge in [-0.25, -0.2) is 0 Å². The van der Waals surface area contributed by atoms with Crippen molar-refractivity contribution in [3.05, 3.63) is 0 Å². The van der Waals surface area contributed by atoms with Gasteiger partial charge in [0.15, 0.2) is 0 Å². The van der Waals surface area contributed by atoms with Gasteiger partial charge in [-0.3, -0.25) is 0 Å².